The van der Waals surface area contributed by atoms with Gasteiger partial charge in [0.2, 0.25) is 5.91 Å². The fraction of sp³-hybridized carbons (Fsp3) is 0.222. The quantitative estimate of drug-likeness (QED) is 0.764. The van der Waals surface area contributed by atoms with Crippen LogP contribution in [-0.4, -0.2) is 13.0 Å². The lowest BCUT2D eigenvalue weighted by Gasteiger charge is -2.13. The van der Waals surface area contributed by atoms with E-state index in [-0.39, 0.29) is 0 Å². The van der Waals surface area contributed by atoms with Crippen LogP contribution in [0.2, 0.25) is 5.02 Å². The number of benzene rings is 1. The van der Waals surface area contributed by atoms with Gasteiger partial charge in [0.25, 0.3) is 0 Å². The summed E-state index contributed by atoms with van der Waals surface area (Å²) >= 11 is 5.89. The highest BCUT2D eigenvalue weighted by Gasteiger charge is 2.17. The summed E-state index contributed by atoms with van der Waals surface area (Å²) in [6.45, 7) is 0. The maximum absolute atomic E-state index is 11.0. The Morgan fingerprint density at radius 3 is 2.62 bits per heavy atom. The van der Waals surface area contributed by atoms with Crippen LogP contribution in [0.3, 0.4) is 0 Å². The summed E-state index contributed by atoms with van der Waals surface area (Å²) in [4.78, 5) is 11.0. The highest BCUT2D eigenvalue weighted by atomic mass is 35.5. The molecule has 1 aromatic carbocycles. The summed E-state index contributed by atoms with van der Waals surface area (Å²) in [6.07, 6.45) is 0. The number of nitrogens with two attached hydrogens (primary N) is 1. The molecule has 0 spiro atoms. The van der Waals surface area contributed by atoms with Crippen LogP contribution in [-0.2, 0) is 4.79 Å². The SMILES string of the molecule is CNC(C(N)=O)c1ccccc1Cl. The Morgan fingerprint density at radius 2 is 2.15 bits per heavy atom. The molecule has 0 aromatic heterocycles. The fourth-order valence-electron chi connectivity index (χ4n) is 1.16. The van der Waals surface area contributed by atoms with Crippen molar-refractivity contribution < 1.29 is 4.79 Å². The maximum Gasteiger partial charge on any atom is 0.239 e. The first-order valence-electron chi connectivity index (χ1n) is 3.88. The predicted octanol–water partition coefficient (Wildman–Crippen LogP) is 1.09. The second-order valence-electron chi connectivity index (χ2n) is 2.65. The van der Waals surface area contributed by atoms with Gasteiger partial charge in [-0.15, -0.1) is 0 Å². The highest BCUT2D eigenvalue weighted by Crippen LogP contribution is 2.21. The number of amides is 1. The third kappa shape index (κ3) is 2.20. The van der Waals surface area contributed by atoms with E-state index in [0.29, 0.717) is 10.6 Å². The molecule has 0 aliphatic carbocycles. The first kappa shape index (κ1) is 10.0. The van der Waals surface area contributed by atoms with Crippen LogP contribution in [0.1, 0.15) is 11.6 Å². The van der Waals surface area contributed by atoms with Crippen molar-refractivity contribution in [3.05, 3.63) is 34.9 Å². The first-order valence-corrected chi connectivity index (χ1v) is 4.25. The summed E-state index contributed by atoms with van der Waals surface area (Å²) in [5.41, 5.74) is 5.90. The van der Waals surface area contributed by atoms with Gasteiger partial charge in [0.05, 0.1) is 0 Å². The van der Waals surface area contributed by atoms with E-state index >= 15 is 0 Å². The van der Waals surface area contributed by atoms with Gasteiger partial charge >= 0.3 is 0 Å². The minimum atomic E-state index is -0.520. The largest absolute Gasteiger partial charge is 0.368 e. The third-order valence-corrected chi connectivity index (χ3v) is 2.13. The van der Waals surface area contributed by atoms with E-state index in [0.717, 1.165) is 0 Å². The number of rotatable bonds is 3. The minimum absolute atomic E-state index is 0.435. The summed E-state index contributed by atoms with van der Waals surface area (Å²) in [5.74, 6) is -0.435. The zero-order valence-corrected chi connectivity index (χ0v) is 8.01. The van der Waals surface area contributed by atoms with Crippen molar-refractivity contribution in [2.24, 2.45) is 5.73 Å². The van der Waals surface area contributed by atoms with Crippen LogP contribution in [0.5, 0.6) is 0 Å². The average Bonchev–Trinajstić information content (AvgIpc) is 2.09. The van der Waals surface area contributed by atoms with Crippen molar-refractivity contribution in [2.45, 2.75) is 6.04 Å². The van der Waals surface area contributed by atoms with Gasteiger partial charge in [0, 0.05) is 5.02 Å². The molecule has 0 saturated carbocycles. The van der Waals surface area contributed by atoms with Crippen molar-refractivity contribution >= 4 is 17.5 Å². The lowest BCUT2D eigenvalue weighted by molar-refractivity contribution is -0.120. The number of hydrogen-bond acceptors (Lipinski definition) is 2. The molecule has 4 heteroatoms. The molecule has 1 aromatic rings. The number of primary amides is 1. The summed E-state index contributed by atoms with van der Waals surface area (Å²) in [7, 11) is 1.67. The lowest BCUT2D eigenvalue weighted by atomic mass is 10.1. The van der Waals surface area contributed by atoms with Crippen LogP contribution < -0.4 is 11.1 Å². The first-order chi connectivity index (χ1) is 6.16. The Balaban J connectivity index is 3.04. The number of likely N-dealkylation sites (N-methyl/N-ethyl adjacent to an activating group) is 1. The molecule has 0 bridgehead atoms. The Kier molecular flexibility index (Phi) is 3.28. The average molecular weight is 199 g/mol. The molecule has 0 aliphatic heterocycles. The molecule has 1 atom stereocenters. The molecule has 3 N–H and O–H groups in total. The number of carbonyl (C=O) groups excluding carboxylic acids is 1. The van der Waals surface area contributed by atoms with Crippen LogP contribution in [0.15, 0.2) is 24.3 Å². The molecule has 0 fully saturated rings. The van der Waals surface area contributed by atoms with E-state index in [1.807, 2.05) is 6.07 Å². The van der Waals surface area contributed by atoms with Crippen molar-refractivity contribution in [1.29, 1.82) is 0 Å². The maximum atomic E-state index is 11.0. The number of halogens is 1. The monoisotopic (exact) mass is 198 g/mol. The molecule has 0 radical (unpaired) electrons. The smallest absolute Gasteiger partial charge is 0.239 e. The normalized spacial score (nSPS) is 12.5. The standard InChI is InChI=1S/C9H11ClN2O/c1-12-8(9(11)13)6-4-2-3-5-7(6)10/h2-5,8,12H,1H3,(H2,11,13). The molecular weight excluding hydrogens is 188 g/mol. The van der Waals surface area contributed by atoms with Gasteiger partial charge in [-0.2, -0.15) is 0 Å². The molecule has 3 nitrogen and oxygen atoms in total. The van der Waals surface area contributed by atoms with Gasteiger partial charge in [-0.1, -0.05) is 29.8 Å². The molecular formula is C9H11ClN2O. The van der Waals surface area contributed by atoms with Gasteiger partial charge < -0.3 is 11.1 Å². The highest BCUT2D eigenvalue weighted by molar-refractivity contribution is 6.31. The van der Waals surface area contributed by atoms with Crippen molar-refractivity contribution in [3.63, 3.8) is 0 Å². The van der Waals surface area contributed by atoms with Crippen LogP contribution in [0, 0.1) is 0 Å². The van der Waals surface area contributed by atoms with Crippen LogP contribution >= 0.6 is 11.6 Å². The van der Waals surface area contributed by atoms with E-state index in [1.165, 1.54) is 0 Å². The van der Waals surface area contributed by atoms with Crippen LogP contribution in [0.25, 0.3) is 0 Å². The number of nitrogens with one attached hydrogen (secondary N) is 1. The zero-order chi connectivity index (χ0) is 9.84. The molecule has 0 heterocycles. The topological polar surface area (TPSA) is 55.1 Å². The van der Waals surface area contributed by atoms with Gasteiger partial charge in [-0.05, 0) is 18.7 Å². The molecule has 70 valence electrons. The Hall–Kier alpha value is -1.06. The van der Waals surface area contributed by atoms with Crippen molar-refractivity contribution in [1.82, 2.24) is 5.32 Å². The summed E-state index contributed by atoms with van der Waals surface area (Å²) < 4.78 is 0. The molecule has 0 saturated heterocycles. The Morgan fingerprint density at radius 1 is 1.54 bits per heavy atom. The fourth-order valence-corrected chi connectivity index (χ4v) is 1.41. The van der Waals surface area contributed by atoms with Crippen molar-refractivity contribution in [2.75, 3.05) is 7.05 Å². The van der Waals surface area contributed by atoms with E-state index in [9.17, 15) is 4.79 Å². The van der Waals surface area contributed by atoms with Gasteiger partial charge in [-0.3, -0.25) is 4.79 Å². The van der Waals surface area contributed by atoms with E-state index in [2.05, 4.69) is 5.32 Å². The molecule has 1 amide bonds. The minimum Gasteiger partial charge on any atom is -0.368 e. The van der Waals surface area contributed by atoms with Gasteiger partial charge in [0.15, 0.2) is 0 Å². The third-order valence-electron chi connectivity index (χ3n) is 1.79. The van der Waals surface area contributed by atoms with Gasteiger partial charge in [0.1, 0.15) is 6.04 Å². The van der Waals surface area contributed by atoms with Crippen molar-refractivity contribution in [3.8, 4) is 0 Å². The summed E-state index contributed by atoms with van der Waals surface area (Å²) in [5, 5.41) is 3.34. The molecule has 13 heavy (non-hydrogen) atoms. The zero-order valence-electron chi connectivity index (χ0n) is 7.25. The second kappa shape index (κ2) is 4.25. The summed E-state index contributed by atoms with van der Waals surface area (Å²) in [6, 6.07) is 6.60. The molecule has 1 unspecified atom stereocenters. The second-order valence-corrected chi connectivity index (χ2v) is 3.05. The molecule has 0 aliphatic rings. The van der Waals surface area contributed by atoms with E-state index < -0.39 is 11.9 Å². The number of carbonyl (C=O) groups is 1. The van der Waals surface area contributed by atoms with E-state index in [1.54, 1.807) is 25.2 Å². The number of hydrogen-bond donors (Lipinski definition) is 2. The Labute approximate surface area is 81.9 Å². The van der Waals surface area contributed by atoms with E-state index in [4.69, 9.17) is 17.3 Å². The molecule has 1 rings (SSSR count). The van der Waals surface area contributed by atoms with Crippen LogP contribution in [0.4, 0.5) is 0 Å². The predicted molar refractivity (Wildman–Crippen MR) is 52.4 cm³/mol. The van der Waals surface area contributed by atoms with Gasteiger partial charge in [-0.25, -0.2) is 0 Å². The lowest BCUT2D eigenvalue weighted by Crippen LogP contribution is -2.31. The Bertz CT molecular complexity index is 314.